The maximum atomic E-state index is 13.4. The van der Waals surface area contributed by atoms with Crippen molar-refractivity contribution in [1.29, 1.82) is 0 Å². The van der Waals surface area contributed by atoms with Gasteiger partial charge in [0.25, 0.3) is 10.0 Å². The van der Waals surface area contributed by atoms with Gasteiger partial charge in [-0.2, -0.15) is 0 Å². The van der Waals surface area contributed by atoms with Crippen molar-refractivity contribution in [2.24, 2.45) is 0 Å². The van der Waals surface area contributed by atoms with Crippen LogP contribution in [0.25, 0.3) is 0 Å². The first-order valence-corrected chi connectivity index (χ1v) is 10.3. The molecule has 0 saturated heterocycles. The Kier molecular flexibility index (Phi) is 6.08. The van der Waals surface area contributed by atoms with Crippen LogP contribution < -0.4 is 13.8 Å². The molecular formula is C22H22FNO4S. The summed E-state index contributed by atoms with van der Waals surface area (Å²) in [5.41, 5.74) is 1.98. The number of benzene rings is 3. The van der Waals surface area contributed by atoms with E-state index in [2.05, 4.69) is 0 Å². The fourth-order valence-corrected chi connectivity index (χ4v) is 4.34. The first-order chi connectivity index (χ1) is 13.8. The molecule has 0 aliphatic carbocycles. The van der Waals surface area contributed by atoms with Crippen molar-refractivity contribution in [2.45, 2.75) is 18.4 Å². The van der Waals surface area contributed by atoms with Gasteiger partial charge in [-0.1, -0.05) is 17.7 Å². The predicted octanol–water partition coefficient (Wildman–Crippen LogP) is 4.55. The van der Waals surface area contributed by atoms with Crippen molar-refractivity contribution < 1.29 is 22.3 Å². The van der Waals surface area contributed by atoms with E-state index in [1.807, 2.05) is 6.92 Å². The van der Waals surface area contributed by atoms with Gasteiger partial charge in [-0.15, -0.1) is 0 Å². The minimum Gasteiger partial charge on any atom is -0.497 e. The van der Waals surface area contributed by atoms with E-state index in [4.69, 9.17) is 9.47 Å². The lowest BCUT2D eigenvalue weighted by Gasteiger charge is -2.25. The van der Waals surface area contributed by atoms with E-state index < -0.39 is 15.8 Å². The molecule has 3 aromatic rings. The smallest absolute Gasteiger partial charge is 0.264 e. The third-order valence-corrected chi connectivity index (χ3v) is 6.25. The highest BCUT2D eigenvalue weighted by atomic mass is 32.2. The van der Waals surface area contributed by atoms with E-state index in [0.29, 0.717) is 22.7 Å². The minimum atomic E-state index is -3.89. The van der Waals surface area contributed by atoms with Crippen LogP contribution in [0.1, 0.15) is 11.1 Å². The molecule has 0 saturated carbocycles. The summed E-state index contributed by atoms with van der Waals surface area (Å²) in [5.74, 6) is 0.654. The predicted molar refractivity (Wildman–Crippen MR) is 110 cm³/mol. The topological polar surface area (TPSA) is 55.8 Å². The van der Waals surface area contributed by atoms with E-state index in [0.717, 1.165) is 5.56 Å². The summed E-state index contributed by atoms with van der Waals surface area (Å²) in [6, 6.07) is 17.2. The van der Waals surface area contributed by atoms with Crippen LogP contribution in [-0.2, 0) is 16.6 Å². The Balaban J connectivity index is 2.09. The third-order valence-electron chi connectivity index (χ3n) is 4.46. The highest BCUT2D eigenvalue weighted by Crippen LogP contribution is 2.29. The Morgan fingerprint density at radius 1 is 0.862 bits per heavy atom. The van der Waals surface area contributed by atoms with Crippen LogP contribution in [0, 0.1) is 12.7 Å². The molecule has 0 spiro atoms. The number of rotatable bonds is 7. The first kappa shape index (κ1) is 20.7. The zero-order valence-electron chi connectivity index (χ0n) is 16.4. The number of aryl methyl sites for hydroxylation is 1. The second kappa shape index (κ2) is 8.53. The number of nitrogens with zero attached hydrogens (tertiary/aromatic N) is 1. The summed E-state index contributed by atoms with van der Waals surface area (Å²) in [6.45, 7) is 1.91. The Bertz CT molecular complexity index is 1060. The molecular weight excluding hydrogens is 393 g/mol. The van der Waals surface area contributed by atoms with Crippen LogP contribution in [0.15, 0.2) is 71.6 Å². The van der Waals surface area contributed by atoms with Gasteiger partial charge in [0.1, 0.15) is 17.3 Å². The highest BCUT2D eigenvalue weighted by molar-refractivity contribution is 7.92. The fraction of sp³-hybridized carbons (Fsp3) is 0.182. The van der Waals surface area contributed by atoms with E-state index in [1.54, 1.807) is 42.5 Å². The number of sulfonamides is 1. The molecule has 0 bridgehead atoms. The van der Waals surface area contributed by atoms with Gasteiger partial charge in [-0.25, -0.2) is 12.8 Å². The third kappa shape index (κ3) is 4.68. The van der Waals surface area contributed by atoms with Gasteiger partial charge in [0, 0.05) is 6.07 Å². The Labute approximate surface area is 170 Å². The zero-order valence-corrected chi connectivity index (χ0v) is 17.2. The van der Waals surface area contributed by atoms with Gasteiger partial charge in [0.05, 0.1) is 31.3 Å². The normalized spacial score (nSPS) is 11.2. The maximum absolute atomic E-state index is 13.4. The molecule has 5 nitrogen and oxygen atoms in total. The second-order valence-corrected chi connectivity index (χ2v) is 8.38. The quantitative estimate of drug-likeness (QED) is 0.568. The number of methoxy groups -OCH3 is 2. The maximum Gasteiger partial charge on any atom is 0.264 e. The number of halogens is 1. The molecule has 0 fully saturated rings. The number of anilines is 1. The lowest BCUT2D eigenvalue weighted by atomic mass is 10.2. The Morgan fingerprint density at radius 3 is 1.93 bits per heavy atom. The van der Waals surface area contributed by atoms with Crippen molar-refractivity contribution in [1.82, 2.24) is 0 Å². The van der Waals surface area contributed by atoms with E-state index in [-0.39, 0.29) is 11.4 Å². The molecule has 0 heterocycles. The number of ether oxygens (including phenoxy) is 2. The van der Waals surface area contributed by atoms with Crippen molar-refractivity contribution in [3.8, 4) is 11.5 Å². The standard InChI is InChI=1S/C22H22FNO4S/c1-16-4-10-22(11-5-16)29(25,26)24(19-8-6-18(23)7-9-19)15-17-12-20(27-2)14-21(13-17)28-3/h4-14H,15H2,1-3H3. The summed E-state index contributed by atoms with van der Waals surface area (Å²) in [6.07, 6.45) is 0. The Hall–Kier alpha value is -3.06. The van der Waals surface area contributed by atoms with Gasteiger partial charge in [-0.05, 0) is 61.0 Å². The molecule has 0 aliphatic heterocycles. The molecule has 7 heteroatoms. The minimum absolute atomic E-state index is 0.0232. The van der Waals surface area contributed by atoms with Gasteiger partial charge in [-0.3, -0.25) is 4.31 Å². The van der Waals surface area contributed by atoms with Crippen LogP contribution in [0.2, 0.25) is 0 Å². The molecule has 0 aliphatic rings. The molecule has 29 heavy (non-hydrogen) atoms. The molecule has 0 unspecified atom stereocenters. The van der Waals surface area contributed by atoms with Crippen molar-refractivity contribution in [2.75, 3.05) is 18.5 Å². The lowest BCUT2D eigenvalue weighted by molar-refractivity contribution is 0.393. The number of hydrogen-bond donors (Lipinski definition) is 0. The van der Waals surface area contributed by atoms with Crippen LogP contribution in [0.3, 0.4) is 0 Å². The molecule has 3 aromatic carbocycles. The van der Waals surface area contributed by atoms with Gasteiger partial charge < -0.3 is 9.47 Å². The average molecular weight is 415 g/mol. The molecule has 152 valence electrons. The number of hydrogen-bond acceptors (Lipinski definition) is 4. The summed E-state index contributed by atoms with van der Waals surface area (Å²) in [7, 11) is -0.838. The van der Waals surface area contributed by atoms with E-state index >= 15 is 0 Å². The molecule has 0 radical (unpaired) electrons. The lowest BCUT2D eigenvalue weighted by Crippen LogP contribution is -2.30. The van der Waals surface area contributed by atoms with Crippen LogP contribution in [-0.4, -0.2) is 22.6 Å². The van der Waals surface area contributed by atoms with Crippen molar-refractivity contribution >= 4 is 15.7 Å². The summed E-state index contributed by atoms with van der Waals surface area (Å²) in [4.78, 5) is 0.155. The van der Waals surface area contributed by atoms with E-state index in [9.17, 15) is 12.8 Å². The van der Waals surface area contributed by atoms with Crippen molar-refractivity contribution in [3.05, 3.63) is 83.7 Å². The summed E-state index contributed by atoms with van der Waals surface area (Å²) in [5, 5.41) is 0. The first-order valence-electron chi connectivity index (χ1n) is 8.90. The fourth-order valence-electron chi connectivity index (χ4n) is 2.88. The molecule has 0 amide bonds. The van der Waals surface area contributed by atoms with Crippen LogP contribution >= 0.6 is 0 Å². The average Bonchev–Trinajstić information content (AvgIpc) is 2.72. The highest BCUT2D eigenvalue weighted by Gasteiger charge is 2.25. The van der Waals surface area contributed by atoms with Gasteiger partial charge in [0.15, 0.2) is 0 Å². The monoisotopic (exact) mass is 415 g/mol. The largest absolute Gasteiger partial charge is 0.497 e. The molecule has 0 aromatic heterocycles. The van der Waals surface area contributed by atoms with E-state index in [1.165, 1.54) is 42.8 Å². The SMILES string of the molecule is COc1cc(CN(c2ccc(F)cc2)S(=O)(=O)c2ccc(C)cc2)cc(OC)c1. The second-order valence-electron chi connectivity index (χ2n) is 6.52. The Morgan fingerprint density at radius 2 is 1.41 bits per heavy atom. The zero-order chi connectivity index (χ0) is 21.0. The van der Waals surface area contributed by atoms with Gasteiger partial charge >= 0.3 is 0 Å². The molecule has 0 atom stereocenters. The van der Waals surface area contributed by atoms with Crippen LogP contribution in [0.5, 0.6) is 11.5 Å². The summed E-state index contributed by atoms with van der Waals surface area (Å²) >= 11 is 0. The summed E-state index contributed by atoms with van der Waals surface area (Å²) < 4.78 is 52.1. The molecule has 0 N–H and O–H groups in total. The van der Waals surface area contributed by atoms with Crippen molar-refractivity contribution in [3.63, 3.8) is 0 Å². The molecule has 3 rings (SSSR count). The van der Waals surface area contributed by atoms with Gasteiger partial charge in [0.2, 0.25) is 0 Å². The van der Waals surface area contributed by atoms with Crippen LogP contribution in [0.4, 0.5) is 10.1 Å².